The fourth-order valence-corrected chi connectivity index (χ4v) is 2.02. The number of hydrogen-bond acceptors (Lipinski definition) is 3. The van der Waals surface area contributed by atoms with Gasteiger partial charge in [-0.15, -0.1) is 0 Å². The fraction of sp³-hybridized carbons (Fsp3) is 0.188. The third-order valence-corrected chi connectivity index (χ3v) is 3.05. The molecule has 2 aromatic carbocycles. The summed E-state index contributed by atoms with van der Waals surface area (Å²) in [6.45, 7) is 0.0846. The molecule has 3 nitrogen and oxygen atoms in total. The van der Waals surface area contributed by atoms with E-state index in [1.165, 1.54) is 12.1 Å². The summed E-state index contributed by atoms with van der Waals surface area (Å²) in [5, 5.41) is 0. The van der Waals surface area contributed by atoms with Crippen LogP contribution in [0.1, 0.15) is 10.4 Å². The predicted molar refractivity (Wildman–Crippen MR) is 77.0 cm³/mol. The number of carbonyl (C=O) groups is 1. The van der Waals surface area contributed by atoms with Crippen LogP contribution in [0.15, 0.2) is 48.5 Å². The molecular weight excluding hydrogens is 257 g/mol. The summed E-state index contributed by atoms with van der Waals surface area (Å²) >= 11 is 0. The molecule has 0 bridgehead atoms. The Labute approximate surface area is 117 Å². The number of halogens is 1. The van der Waals surface area contributed by atoms with Crippen LogP contribution in [-0.2, 0) is 0 Å². The molecule has 4 heteroatoms. The molecule has 20 heavy (non-hydrogen) atoms. The molecule has 0 unspecified atom stereocenters. The molecule has 0 fully saturated rings. The van der Waals surface area contributed by atoms with Gasteiger partial charge in [-0.1, -0.05) is 24.3 Å². The topological polar surface area (TPSA) is 29.5 Å². The Morgan fingerprint density at radius 1 is 1.15 bits per heavy atom. The first-order valence-electron chi connectivity index (χ1n) is 6.25. The van der Waals surface area contributed by atoms with E-state index in [9.17, 15) is 9.18 Å². The monoisotopic (exact) mass is 273 g/mol. The van der Waals surface area contributed by atoms with Gasteiger partial charge in [-0.3, -0.25) is 4.79 Å². The summed E-state index contributed by atoms with van der Waals surface area (Å²) in [5.74, 6) is -0.0845. The molecule has 0 radical (unpaired) electrons. The summed E-state index contributed by atoms with van der Waals surface area (Å²) in [4.78, 5) is 13.9. The smallest absolute Gasteiger partial charge is 0.185 e. The van der Waals surface area contributed by atoms with Gasteiger partial charge in [0, 0.05) is 7.05 Å². The summed E-state index contributed by atoms with van der Waals surface area (Å²) in [6, 6.07) is 13.4. The number of para-hydroxylation sites is 2. The number of methoxy groups -OCH3 is 1. The second-order valence-electron chi connectivity index (χ2n) is 4.43. The zero-order valence-electron chi connectivity index (χ0n) is 11.5. The van der Waals surface area contributed by atoms with Crippen molar-refractivity contribution in [2.24, 2.45) is 0 Å². The lowest BCUT2D eigenvalue weighted by molar-refractivity contribution is 0.0996. The minimum absolute atomic E-state index is 0.0846. The van der Waals surface area contributed by atoms with Crippen LogP contribution in [0.3, 0.4) is 0 Å². The zero-order chi connectivity index (χ0) is 14.5. The Morgan fingerprint density at radius 2 is 1.80 bits per heavy atom. The van der Waals surface area contributed by atoms with Gasteiger partial charge in [-0.2, -0.15) is 0 Å². The van der Waals surface area contributed by atoms with Crippen LogP contribution in [0.5, 0.6) is 5.75 Å². The van der Waals surface area contributed by atoms with Gasteiger partial charge < -0.3 is 9.64 Å². The van der Waals surface area contributed by atoms with Crippen LogP contribution in [0.2, 0.25) is 0 Å². The second-order valence-corrected chi connectivity index (χ2v) is 4.43. The average molecular weight is 273 g/mol. The van der Waals surface area contributed by atoms with Crippen molar-refractivity contribution in [1.82, 2.24) is 0 Å². The third kappa shape index (κ3) is 2.96. The number of likely N-dealkylation sites (N-methyl/N-ethyl adjacent to an activating group) is 1. The highest BCUT2D eigenvalue weighted by Gasteiger charge is 2.15. The first kappa shape index (κ1) is 14.1. The minimum Gasteiger partial charge on any atom is -0.495 e. The van der Waals surface area contributed by atoms with E-state index < -0.39 is 5.82 Å². The van der Waals surface area contributed by atoms with E-state index in [0.717, 1.165) is 5.69 Å². The largest absolute Gasteiger partial charge is 0.495 e. The van der Waals surface area contributed by atoms with Gasteiger partial charge in [0.1, 0.15) is 11.6 Å². The third-order valence-electron chi connectivity index (χ3n) is 3.05. The van der Waals surface area contributed by atoms with Crippen molar-refractivity contribution in [3.63, 3.8) is 0 Å². The van der Waals surface area contributed by atoms with Gasteiger partial charge in [0.25, 0.3) is 0 Å². The van der Waals surface area contributed by atoms with Gasteiger partial charge in [0.15, 0.2) is 5.78 Å². The van der Waals surface area contributed by atoms with Crippen molar-refractivity contribution in [2.45, 2.75) is 0 Å². The van der Waals surface area contributed by atoms with Crippen molar-refractivity contribution in [3.05, 3.63) is 59.9 Å². The highest BCUT2D eigenvalue weighted by atomic mass is 19.1. The first-order valence-corrected chi connectivity index (χ1v) is 6.25. The number of Topliss-reactive ketones (excluding diaryl/α,β-unsaturated/α-hetero) is 1. The molecule has 0 amide bonds. The Morgan fingerprint density at radius 3 is 2.50 bits per heavy atom. The molecule has 0 saturated heterocycles. The van der Waals surface area contributed by atoms with Crippen LogP contribution < -0.4 is 9.64 Å². The number of rotatable bonds is 5. The number of hydrogen-bond donors (Lipinski definition) is 0. The Hall–Kier alpha value is -2.36. The lowest BCUT2D eigenvalue weighted by atomic mass is 10.1. The molecule has 0 heterocycles. The highest BCUT2D eigenvalue weighted by Crippen LogP contribution is 2.26. The van der Waals surface area contributed by atoms with Crippen molar-refractivity contribution in [3.8, 4) is 5.75 Å². The van der Waals surface area contributed by atoms with Crippen LogP contribution >= 0.6 is 0 Å². The van der Waals surface area contributed by atoms with E-state index in [-0.39, 0.29) is 17.9 Å². The van der Waals surface area contributed by atoms with Crippen LogP contribution in [-0.4, -0.2) is 26.5 Å². The molecule has 0 N–H and O–H groups in total. The van der Waals surface area contributed by atoms with Gasteiger partial charge >= 0.3 is 0 Å². The molecule has 0 atom stereocenters. The molecule has 0 spiro atoms. The van der Waals surface area contributed by atoms with E-state index >= 15 is 0 Å². The fourth-order valence-electron chi connectivity index (χ4n) is 2.02. The van der Waals surface area contributed by atoms with Crippen molar-refractivity contribution >= 4 is 11.5 Å². The Balaban J connectivity index is 2.18. The van der Waals surface area contributed by atoms with Crippen molar-refractivity contribution < 1.29 is 13.9 Å². The maximum atomic E-state index is 13.6. The SMILES string of the molecule is COc1ccccc1N(C)CC(=O)c1ccccc1F. The molecule has 0 aliphatic rings. The van der Waals surface area contributed by atoms with Gasteiger partial charge in [0.2, 0.25) is 0 Å². The molecule has 2 rings (SSSR count). The summed E-state index contributed by atoms with van der Waals surface area (Å²) in [7, 11) is 3.35. The normalized spacial score (nSPS) is 10.2. The van der Waals surface area contributed by atoms with E-state index in [1.54, 1.807) is 31.2 Å². The summed E-state index contributed by atoms with van der Waals surface area (Å²) in [5.41, 5.74) is 0.897. The van der Waals surface area contributed by atoms with E-state index in [4.69, 9.17) is 4.74 Å². The van der Waals surface area contributed by atoms with Crippen molar-refractivity contribution in [1.29, 1.82) is 0 Å². The number of carbonyl (C=O) groups excluding carboxylic acids is 1. The van der Waals surface area contributed by atoms with Gasteiger partial charge in [-0.25, -0.2) is 4.39 Å². The Bertz CT molecular complexity index is 613. The number of ether oxygens (including phenoxy) is 1. The maximum absolute atomic E-state index is 13.6. The second kappa shape index (κ2) is 6.19. The van der Waals surface area contributed by atoms with E-state index in [2.05, 4.69) is 0 Å². The van der Waals surface area contributed by atoms with E-state index in [1.807, 2.05) is 24.3 Å². The molecule has 0 aliphatic heterocycles. The standard InChI is InChI=1S/C16H16FNO2/c1-18(14-9-5-6-10-16(14)20-2)11-15(19)12-7-3-4-8-13(12)17/h3-10H,11H2,1-2H3. The summed E-state index contributed by atoms with van der Waals surface area (Å²) in [6.07, 6.45) is 0. The molecule has 0 aromatic heterocycles. The lowest BCUT2D eigenvalue weighted by Gasteiger charge is -2.21. The van der Waals surface area contributed by atoms with Gasteiger partial charge in [-0.05, 0) is 24.3 Å². The number of anilines is 1. The van der Waals surface area contributed by atoms with Crippen LogP contribution in [0.25, 0.3) is 0 Å². The average Bonchev–Trinajstić information content (AvgIpc) is 2.47. The first-order chi connectivity index (χ1) is 9.63. The van der Waals surface area contributed by atoms with Crippen molar-refractivity contribution in [2.75, 3.05) is 25.6 Å². The number of benzene rings is 2. The summed E-state index contributed by atoms with van der Waals surface area (Å²) < 4.78 is 18.8. The highest BCUT2D eigenvalue weighted by molar-refractivity contribution is 5.99. The van der Waals surface area contributed by atoms with Crippen LogP contribution in [0, 0.1) is 5.82 Å². The van der Waals surface area contributed by atoms with Gasteiger partial charge in [0.05, 0.1) is 24.9 Å². The molecule has 104 valence electrons. The maximum Gasteiger partial charge on any atom is 0.185 e. The van der Waals surface area contributed by atoms with E-state index in [0.29, 0.717) is 5.75 Å². The quantitative estimate of drug-likeness (QED) is 0.784. The molecule has 0 saturated carbocycles. The predicted octanol–water partition coefficient (Wildman–Crippen LogP) is 3.15. The minimum atomic E-state index is -0.495. The number of ketones is 1. The molecule has 0 aliphatic carbocycles. The lowest BCUT2D eigenvalue weighted by Crippen LogP contribution is -2.26. The number of nitrogens with zero attached hydrogens (tertiary/aromatic N) is 1. The molecule has 2 aromatic rings. The molecular formula is C16H16FNO2. The Kier molecular flexibility index (Phi) is 4.35. The zero-order valence-corrected chi connectivity index (χ0v) is 11.5. The van der Waals surface area contributed by atoms with Crippen LogP contribution in [0.4, 0.5) is 10.1 Å².